The fourth-order valence-electron chi connectivity index (χ4n) is 1.43. The molecular formula is C18H46. The molecule has 1 saturated carbocycles. The SMILES string of the molecule is CC.CC.CC.CC.CC.CC1CCC(C)CC1. The van der Waals surface area contributed by atoms with Crippen LogP contribution in [0.1, 0.15) is 109 Å². The van der Waals surface area contributed by atoms with Crippen LogP contribution in [-0.4, -0.2) is 0 Å². The lowest BCUT2D eigenvalue weighted by Gasteiger charge is -2.22. The van der Waals surface area contributed by atoms with E-state index in [1.807, 2.05) is 69.2 Å². The van der Waals surface area contributed by atoms with E-state index in [2.05, 4.69) is 13.8 Å². The van der Waals surface area contributed by atoms with Crippen molar-refractivity contribution in [1.29, 1.82) is 0 Å². The van der Waals surface area contributed by atoms with Crippen molar-refractivity contribution >= 4 is 0 Å². The monoisotopic (exact) mass is 262 g/mol. The third-order valence-electron chi connectivity index (χ3n) is 2.30. The van der Waals surface area contributed by atoms with Gasteiger partial charge in [0.05, 0.1) is 0 Å². The number of hydrogen-bond donors (Lipinski definition) is 0. The van der Waals surface area contributed by atoms with Crippen molar-refractivity contribution in [2.24, 2.45) is 11.8 Å². The Morgan fingerprint density at radius 1 is 0.389 bits per heavy atom. The molecule has 0 heterocycles. The highest BCUT2D eigenvalue weighted by molar-refractivity contribution is 4.65. The molecule has 1 aliphatic rings. The third-order valence-corrected chi connectivity index (χ3v) is 2.30. The first kappa shape index (κ1) is 30.8. The van der Waals surface area contributed by atoms with Gasteiger partial charge < -0.3 is 0 Å². The Morgan fingerprint density at radius 3 is 0.611 bits per heavy atom. The van der Waals surface area contributed by atoms with Gasteiger partial charge in [0.2, 0.25) is 0 Å². The summed E-state index contributed by atoms with van der Waals surface area (Å²) in [5.74, 6) is 2.04. The van der Waals surface area contributed by atoms with Gasteiger partial charge in [-0.2, -0.15) is 0 Å². The van der Waals surface area contributed by atoms with Gasteiger partial charge in [-0.25, -0.2) is 0 Å². The van der Waals surface area contributed by atoms with Crippen LogP contribution in [0.3, 0.4) is 0 Å². The topological polar surface area (TPSA) is 0 Å². The molecule has 0 aromatic heterocycles. The summed E-state index contributed by atoms with van der Waals surface area (Å²) < 4.78 is 0. The van der Waals surface area contributed by atoms with Crippen molar-refractivity contribution in [2.75, 3.05) is 0 Å². The molecule has 118 valence electrons. The zero-order valence-electron chi connectivity index (χ0n) is 16.0. The molecule has 0 radical (unpaired) electrons. The van der Waals surface area contributed by atoms with Crippen molar-refractivity contribution in [2.45, 2.75) is 109 Å². The van der Waals surface area contributed by atoms with Crippen LogP contribution in [0, 0.1) is 11.8 Å². The van der Waals surface area contributed by atoms with Gasteiger partial charge in [0.25, 0.3) is 0 Å². The van der Waals surface area contributed by atoms with E-state index in [1.54, 1.807) is 0 Å². The molecule has 0 aliphatic heterocycles. The molecule has 0 aromatic rings. The molecule has 1 aliphatic carbocycles. The van der Waals surface area contributed by atoms with Gasteiger partial charge in [-0.15, -0.1) is 0 Å². The van der Waals surface area contributed by atoms with Crippen molar-refractivity contribution < 1.29 is 0 Å². The van der Waals surface area contributed by atoms with E-state index in [9.17, 15) is 0 Å². The molecular weight excluding hydrogens is 216 g/mol. The minimum Gasteiger partial charge on any atom is -0.0683 e. The summed E-state index contributed by atoms with van der Waals surface area (Å²) in [5, 5.41) is 0. The Labute approximate surface area is 121 Å². The summed E-state index contributed by atoms with van der Waals surface area (Å²) in [6, 6.07) is 0. The molecule has 0 N–H and O–H groups in total. The van der Waals surface area contributed by atoms with E-state index in [4.69, 9.17) is 0 Å². The highest BCUT2D eigenvalue weighted by atomic mass is 14.2. The molecule has 1 rings (SSSR count). The van der Waals surface area contributed by atoms with Gasteiger partial charge in [-0.05, 0) is 11.8 Å². The predicted molar refractivity (Wildman–Crippen MR) is 93.5 cm³/mol. The smallest absolute Gasteiger partial charge is 0.0443 e. The Balaban J connectivity index is -0.0000000482. The van der Waals surface area contributed by atoms with Crippen molar-refractivity contribution in [3.8, 4) is 0 Å². The van der Waals surface area contributed by atoms with E-state index in [0.717, 1.165) is 11.8 Å². The quantitative estimate of drug-likeness (QED) is 0.415. The molecule has 0 atom stereocenters. The molecule has 0 heteroatoms. The minimum absolute atomic E-state index is 1.02. The first-order valence-electron chi connectivity index (χ1n) is 8.79. The van der Waals surface area contributed by atoms with Gasteiger partial charge in [0.1, 0.15) is 0 Å². The van der Waals surface area contributed by atoms with Crippen LogP contribution >= 0.6 is 0 Å². The summed E-state index contributed by atoms with van der Waals surface area (Å²) in [5.41, 5.74) is 0. The largest absolute Gasteiger partial charge is 0.0683 e. The zero-order chi connectivity index (χ0) is 16.0. The second kappa shape index (κ2) is 43.5. The lowest BCUT2D eigenvalue weighted by Crippen LogP contribution is -2.08. The van der Waals surface area contributed by atoms with Crippen LogP contribution in [0.5, 0.6) is 0 Å². The molecule has 0 unspecified atom stereocenters. The van der Waals surface area contributed by atoms with Crippen LogP contribution < -0.4 is 0 Å². The fraction of sp³-hybridized carbons (Fsp3) is 1.00. The molecule has 18 heavy (non-hydrogen) atoms. The lowest BCUT2D eigenvalue weighted by molar-refractivity contribution is 0.308. The second-order valence-electron chi connectivity index (χ2n) is 3.37. The molecule has 0 nitrogen and oxygen atoms in total. The summed E-state index contributed by atoms with van der Waals surface area (Å²) in [6.45, 7) is 24.7. The standard InChI is InChI=1S/C8H16.5C2H6/c1-7-3-5-8(2)6-4-7;5*1-2/h7-8H,3-6H2,1-2H3;5*1-2H3. The zero-order valence-corrected chi connectivity index (χ0v) is 16.0. The lowest BCUT2D eigenvalue weighted by atomic mass is 9.84. The van der Waals surface area contributed by atoms with Gasteiger partial charge >= 0.3 is 0 Å². The Morgan fingerprint density at radius 2 is 0.500 bits per heavy atom. The third kappa shape index (κ3) is 36.0. The summed E-state index contributed by atoms with van der Waals surface area (Å²) in [6.07, 6.45) is 5.89. The Kier molecular flexibility index (Phi) is 74.4. The predicted octanol–water partition coefficient (Wildman–Crippen LogP) is 7.96. The normalized spacial score (nSPS) is 19.3. The maximum Gasteiger partial charge on any atom is -0.0443 e. The van der Waals surface area contributed by atoms with Crippen molar-refractivity contribution in [1.82, 2.24) is 0 Å². The maximum atomic E-state index is 2.37. The average molecular weight is 263 g/mol. The average Bonchev–Trinajstić information content (AvgIpc) is 2.52. The van der Waals surface area contributed by atoms with Gasteiger partial charge in [0, 0.05) is 0 Å². The van der Waals surface area contributed by atoms with Gasteiger partial charge in [-0.1, -0.05) is 109 Å². The first-order chi connectivity index (χ1) is 8.79. The van der Waals surface area contributed by atoms with Crippen LogP contribution in [0.25, 0.3) is 0 Å². The van der Waals surface area contributed by atoms with E-state index in [1.165, 1.54) is 25.7 Å². The van der Waals surface area contributed by atoms with Gasteiger partial charge in [0.15, 0.2) is 0 Å². The van der Waals surface area contributed by atoms with E-state index in [0.29, 0.717) is 0 Å². The molecule has 0 bridgehead atoms. The van der Waals surface area contributed by atoms with Gasteiger partial charge in [-0.3, -0.25) is 0 Å². The van der Waals surface area contributed by atoms with Crippen LogP contribution in [0.4, 0.5) is 0 Å². The van der Waals surface area contributed by atoms with E-state index >= 15 is 0 Å². The van der Waals surface area contributed by atoms with Crippen molar-refractivity contribution in [3.63, 3.8) is 0 Å². The summed E-state index contributed by atoms with van der Waals surface area (Å²) >= 11 is 0. The van der Waals surface area contributed by atoms with Crippen LogP contribution in [-0.2, 0) is 0 Å². The number of hydrogen-bond acceptors (Lipinski definition) is 0. The molecule has 0 aromatic carbocycles. The Hall–Kier alpha value is 0. The van der Waals surface area contributed by atoms with Crippen LogP contribution in [0.15, 0.2) is 0 Å². The molecule has 0 amide bonds. The summed E-state index contributed by atoms with van der Waals surface area (Å²) in [7, 11) is 0. The Bertz CT molecular complexity index is 48.4. The molecule has 1 fully saturated rings. The van der Waals surface area contributed by atoms with E-state index in [-0.39, 0.29) is 0 Å². The fourth-order valence-corrected chi connectivity index (χ4v) is 1.43. The van der Waals surface area contributed by atoms with Crippen LogP contribution in [0.2, 0.25) is 0 Å². The van der Waals surface area contributed by atoms with Crippen molar-refractivity contribution in [3.05, 3.63) is 0 Å². The molecule has 0 spiro atoms. The number of rotatable bonds is 0. The highest BCUT2D eigenvalue weighted by Gasteiger charge is 2.13. The van der Waals surface area contributed by atoms with E-state index < -0.39 is 0 Å². The second-order valence-corrected chi connectivity index (χ2v) is 3.37. The first-order valence-corrected chi connectivity index (χ1v) is 8.79. The highest BCUT2D eigenvalue weighted by Crippen LogP contribution is 2.27. The molecule has 0 saturated heterocycles. The summed E-state index contributed by atoms with van der Waals surface area (Å²) in [4.78, 5) is 0. The maximum absolute atomic E-state index is 2.37. The minimum atomic E-state index is 1.02.